The molecule has 0 amide bonds. The molecule has 0 fully saturated rings. The molecule has 0 radical (unpaired) electrons. The zero-order valence-electron chi connectivity index (χ0n) is 31.9. The lowest BCUT2D eigenvalue weighted by Crippen LogP contribution is -2.60. The van der Waals surface area contributed by atoms with Crippen LogP contribution in [0.5, 0.6) is 0 Å². The molecule has 0 saturated heterocycles. The lowest BCUT2D eigenvalue weighted by atomic mass is 9.43. The highest BCUT2D eigenvalue weighted by molar-refractivity contribution is 7.26. The standard InChI is InChI=1S/C50H39BN2S2/c1-49(2,3)28-15-18-30(19-16-28)53-42-25-38-32-12-8-10-14-44(32)54-45(38)26-35(42)33-20-21-34-36-27-46-37(31-11-7-9-13-43(31)55-46)24-41(36)52-40-22-17-29(50(4,5)6)23-39(40)51(53)47(33)48(34)52/h7-27H,1-6H3. The normalized spacial score (nSPS) is 13.9. The van der Waals surface area contributed by atoms with E-state index in [1.807, 2.05) is 22.7 Å². The van der Waals surface area contributed by atoms with E-state index in [0.717, 1.165) is 0 Å². The van der Waals surface area contributed by atoms with Crippen molar-refractivity contribution in [3.8, 4) is 16.8 Å². The van der Waals surface area contributed by atoms with Gasteiger partial charge in [0.15, 0.2) is 0 Å². The first-order chi connectivity index (χ1) is 26.5. The molecule has 3 aromatic heterocycles. The molecule has 5 heterocycles. The van der Waals surface area contributed by atoms with E-state index in [-0.39, 0.29) is 17.7 Å². The second kappa shape index (κ2) is 10.7. The zero-order chi connectivity index (χ0) is 37.1. The molecule has 0 bridgehead atoms. The maximum atomic E-state index is 2.69. The van der Waals surface area contributed by atoms with Gasteiger partial charge in [0.05, 0.1) is 11.0 Å². The zero-order valence-corrected chi connectivity index (χ0v) is 33.5. The van der Waals surface area contributed by atoms with E-state index in [9.17, 15) is 0 Å². The third-order valence-electron chi connectivity index (χ3n) is 12.5. The van der Waals surface area contributed by atoms with Crippen molar-refractivity contribution >= 4 is 114 Å². The first kappa shape index (κ1) is 31.9. The second-order valence-electron chi connectivity index (χ2n) is 17.8. The number of thiophene rings is 2. The summed E-state index contributed by atoms with van der Waals surface area (Å²) < 4.78 is 8.00. The fraction of sp³-hybridized carbons (Fsp3) is 0.160. The molecule has 0 spiro atoms. The number of anilines is 2. The summed E-state index contributed by atoms with van der Waals surface area (Å²) in [5, 5.41) is 8.01. The summed E-state index contributed by atoms with van der Waals surface area (Å²) in [5.74, 6) is 0. The van der Waals surface area contributed by atoms with Crippen LogP contribution < -0.4 is 15.7 Å². The van der Waals surface area contributed by atoms with E-state index >= 15 is 0 Å². The number of benzene rings is 7. The molecule has 12 rings (SSSR count). The molecule has 0 atom stereocenters. The Labute approximate surface area is 329 Å². The molecule has 0 N–H and O–H groups in total. The Morgan fingerprint density at radius 1 is 0.473 bits per heavy atom. The highest BCUT2D eigenvalue weighted by Crippen LogP contribution is 2.49. The predicted molar refractivity (Wildman–Crippen MR) is 243 cm³/mol. The molecule has 2 nitrogen and oxygen atoms in total. The molecular formula is C50H39BN2S2. The summed E-state index contributed by atoms with van der Waals surface area (Å²) in [6.45, 7) is 13.9. The van der Waals surface area contributed by atoms with Crippen LogP contribution in [-0.4, -0.2) is 11.4 Å². The number of nitrogens with zero attached hydrogens (tertiary/aromatic N) is 2. The summed E-state index contributed by atoms with van der Waals surface area (Å²) in [7, 11) is 0. The number of fused-ring (bicyclic) bond motifs is 14. The highest BCUT2D eigenvalue weighted by Gasteiger charge is 2.44. The van der Waals surface area contributed by atoms with Crippen LogP contribution in [0.1, 0.15) is 52.7 Å². The van der Waals surface area contributed by atoms with Crippen LogP contribution in [-0.2, 0) is 10.8 Å². The SMILES string of the molecule is CC(C)(C)c1ccc(N2B3c4cc(C(C)(C)C)ccc4-n4c5cc6c(cc5c5ccc(c3c54)-c3cc4sc5ccccc5c4cc32)sc2ccccc26)cc1. The maximum absolute atomic E-state index is 2.69. The van der Waals surface area contributed by atoms with E-state index in [0.29, 0.717) is 0 Å². The molecule has 0 saturated carbocycles. The fourth-order valence-corrected chi connectivity index (χ4v) is 12.0. The van der Waals surface area contributed by atoms with Gasteiger partial charge in [-0.2, -0.15) is 0 Å². The molecule has 0 aliphatic carbocycles. The summed E-state index contributed by atoms with van der Waals surface area (Å²) in [5.41, 5.74) is 14.6. The third-order valence-corrected chi connectivity index (χ3v) is 14.8. The third kappa shape index (κ3) is 4.31. The van der Waals surface area contributed by atoms with Crippen molar-refractivity contribution in [2.24, 2.45) is 0 Å². The lowest BCUT2D eigenvalue weighted by Gasteiger charge is -2.42. The van der Waals surface area contributed by atoms with Crippen molar-refractivity contribution < 1.29 is 0 Å². The largest absolute Gasteiger partial charge is 0.376 e. The van der Waals surface area contributed by atoms with Crippen molar-refractivity contribution in [1.82, 2.24) is 4.57 Å². The van der Waals surface area contributed by atoms with Crippen LogP contribution in [0, 0.1) is 0 Å². The Kier molecular flexibility index (Phi) is 6.21. The summed E-state index contributed by atoms with van der Waals surface area (Å²) in [6, 6.07) is 49.4. The monoisotopic (exact) mass is 742 g/mol. The Morgan fingerprint density at radius 2 is 1.11 bits per heavy atom. The van der Waals surface area contributed by atoms with Gasteiger partial charge in [0.1, 0.15) is 0 Å². The Morgan fingerprint density at radius 3 is 1.80 bits per heavy atom. The summed E-state index contributed by atoms with van der Waals surface area (Å²) in [6.07, 6.45) is 0. The number of rotatable bonds is 1. The Hall–Kier alpha value is -5.36. The van der Waals surface area contributed by atoms with E-state index < -0.39 is 0 Å². The van der Waals surface area contributed by atoms with Gasteiger partial charge in [-0.25, -0.2) is 0 Å². The van der Waals surface area contributed by atoms with Gasteiger partial charge < -0.3 is 9.38 Å². The summed E-state index contributed by atoms with van der Waals surface area (Å²) in [4.78, 5) is 2.69. The Balaban J connectivity index is 1.25. The molecule has 5 heteroatoms. The van der Waals surface area contributed by atoms with Crippen molar-refractivity contribution in [3.05, 3.63) is 139 Å². The number of hydrogen-bond acceptors (Lipinski definition) is 3. The average Bonchev–Trinajstić information content (AvgIpc) is 3.83. The molecule has 7 aromatic carbocycles. The molecule has 10 aromatic rings. The average molecular weight is 743 g/mol. The highest BCUT2D eigenvalue weighted by atomic mass is 32.1. The molecule has 55 heavy (non-hydrogen) atoms. The van der Waals surface area contributed by atoms with Gasteiger partial charge in [0.2, 0.25) is 0 Å². The smallest absolute Gasteiger partial charge is 0.333 e. The fourth-order valence-electron chi connectivity index (χ4n) is 9.70. The minimum atomic E-state index is -0.00917. The quantitative estimate of drug-likeness (QED) is 0.152. The lowest BCUT2D eigenvalue weighted by molar-refractivity contribution is 0.590. The second-order valence-corrected chi connectivity index (χ2v) is 19.9. The van der Waals surface area contributed by atoms with E-state index in [1.54, 1.807) is 0 Å². The first-order valence-electron chi connectivity index (χ1n) is 19.5. The van der Waals surface area contributed by atoms with E-state index in [1.165, 1.54) is 112 Å². The predicted octanol–water partition coefficient (Wildman–Crippen LogP) is 13.4. The van der Waals surface area contributed by atoms with Crippen LogP contribution in [0.3, 0.4) is 0 Å². The molecule has 264 valence electrons. The minimum absolute atomic E-state index is 0.00181. The number of aromatic nitrogens is 1. The van der Waals surface area contributed by atoms with Crippen LogP contribution >= 0.6 is 22.7 Å². The van der Waals surface area contributed by atoms with Crippen LogP contribution in [0.4, 0.5) is 11.4 Å². The topological polar surface area (TPSA) is 8.17 Å². The first-order valence-corrected chi connectivity index (χ1v) is 21.1. The number of hydrogen-bond donors (Lipinski definition) is 0. The molecular weight excluding hydrogens is 704 g/mol. The van der Waals surface area contributed by atoms with Crippen molar-refractivity contribution in [3.63, 3.8) is 0 Å². The molecule has 2 aliphatic heterocycles. The van der Waals surface area contributed by atoms with Gasteiger partial charge in [-0.15, -0.1) is 22.7 Å². The van der Waals surface area contributed by atoms with Gasteiger partial charge >= 0.3 is 6.85 Å². The van der Waals surface area contributed by atoms with Gasteiger partial charge in [0, 0.05) is 73.7 Å². The minimum Gasteiger partial charge on any atom is -0.376 e. The van der Waals surface area contributed by atoms with Crippen LogP contribution in [0.2, 0.25) is 0 Å². The van der Waals surface area contributed by atoms with Gasteiger partial charge in [-0.3, -0.25) is 0 Å². The van der Waals surface area contributed by atoms with E-state index in [2.05, 4.69) is 178 Å². The van der Waals surface area contributed by atoms with Crippen molar-refractivity contribution in [1.29, 1.82) is 0 Å². The van der Waals surface area contributed by atoms with Crippen LogP contribution in [0.15, 0.2) is 127 Å². The van der Waals surface area contributed by atoms with Crippen LogP contribution in [0.25, 0.3) is 79.0 Å². The van der Waals surface area contributed by atoms with Gasteiger partial charge in [-0.1, -0.05) is 114 Å². The van der Waals surface area contributed by atoms with E-state index in [4.69, 9.17) is 0 Å². The maximum Gasteiger partial charge on any atom is 0.333 e. The Bertz CT molecular complexity index is 3290. The van der Waals surface area contributed by atoms with Gasteiger partial charge in [-0.05, 0) is 93.0 Å². The summed E-state index contributed by atoms with van der Waals surface area (Å²) >= 11 is 3.82. The molecule has 2 aliphatic rings. The van der Waals surface area contributed by atoms with Crippen molar-refractivity contribution in [2.75, 3.05) is 4.81 Å². The van der Waals surface area contributed by atoms with Gasteiger partial charge in [0.25, 0.3) is 0 Å². The van der Waals surface area contributed by atoms with Crippen molar-refractivity contribution in [2.45, 2.75) is 52.4 Å². The molecule has 0 unspecified atom stereocenters.